The minimum atomic E-state index is -0.299. The highest BCUT2D eigenvalue weighted by molar-refractivity contribution is 6.07. The molecule has 0 aliphatic heterocycles. The molecule has 6 nitrogen and oxygen atoms in total. The average molecular weight is 274 g/mol. The number of nitrogens with two attached hydrogens (primary N) is 1. The van der Waals surface area contributed by atoms with E-state index in [1.807, 2.05) is 12.1 Å². The van der Waals surface area contributed by atoms with Crippen LogP contribution in [-0.4, -0.2) is 22.7 Å². The summed E-state index contributed by atoms with van der Waals surface area (Å²) in [5, 5.41) is 8.97. The lowest BCUT2D eigenvalue weighted by Crippen LogP contribution is -2.13. The summed E-state index contributed by atoms with van der Waals surface area (Å²) in [4.78, 5) is 11.9. The first-order chi connectivity index (χ1) is 9.56. The van der Waals surface area contributed by atoms with E-state index in [4.69, 9.17) is 10.5 Å². The van der Waals surface area contributed by atoms with Gasteiger partial charge in [-0.1, -0.05) is 13.8 Å². The molecule has 0 fully saturated rings. The maximum absolute atomic E-state index is 11.9. The van der Waals surface area contributed by atoms with Crippen molar-refractivity contribution >= 4 is 17.4 Å². The fourth-order valence-corrected chi connectivity index (χ4v) is 1.57. The number of benzene rings is 1. The lowest BCUT2D eigenvalue weighted by Gasteiger charge is -2.09. The molecule has 0 bridgehead atoms. The summed E-state index contributed by atoms with van der Waals surface area (Å²) >= 11 is 0. The molecule has 20 heavy (non-hydrogen) atoms. The van der Waals surface area contributed by atoms with Crippen LogP contribution in [0.4, 0.5) is 11.5 Å². The van der Waals surface area contributed by atoms with E-state index in [0.29, 0.717) is 23.8 Å². The Balaban J connectivity index is 1.97. The highest BCUT2D eigenvalue weighted by atomic mass is 16.5. The van der Waals surface area contributed by atoms with Crippen LogP contribution in [0, 0.1) is 5.92 Å². The summed E-state index contributed by atoms with van der Waals surface area (Å²) in [5.74, 6) is 1.20. The Bertz CT molecular complexity index is 575. The zero-order valence-electron chi connectivity index (χ0n) is 11.5. The fourth-order valence-electron chi connectivity index (χ4n) is 1.57. The Hall–Kier alpha value is -2.50. The first kappa shape index (κ1) is 13.9. The predicted molar refractivity (Wildman–Crippen MR) is 77.7 cm³/mol. The van der Waals surface area contributed by atoms with Crippen molar-refractivity contribution in [3.05, 3.63) is 36.0 Å². The second-order valence-electron chi connectivity index (χ2n) is 4.88. The van der Waals surface area contributed by atoms with Crippen LogP contribution >= 0.6 is 0 Å². The topological polar surface area (TPSA) is 93.0 Å². The SMILES string of the molecule is CC(C)COc1ccc(NC(=O)c2cn[nH]c2N)cc1. The maximum atomic E-state index is 11.9. The Kier molecular flexibility index (Phi) is 4.24. The number of nitrogen functional groups attached to an aromatic ring is 1. The van der Waals surface area contributed by atoms with Crippen LogP contribution < -0.4 is 15.8 Å². The van der Waals surface area contributed by atoms with E-state index in [1.54, 1.807) is 12.1 Å². The quantitative estimate of drug-likeness (QED) is 0.779. The highest BCUT2D eigenvalue weighted by Crippen LogP contribution is 2.17. The minimum Gasteiger partial charge on any atom is -0.493 e. The van der Waals surface area contributed by atoms with Crippen molar-refractivity contribution < 1.29 is 9.53 Å². The molecule has 0 aliphatic rings. The molecule has 1 amide bonds. The summed E-state index contributed by atoms with van der Waals surface area (Å²) in [5.41, 5.74) is 6.59. The van der Waals surface area contributed by atoms with Crippen LogP contribution in [0.5, 0.6) is 5.75 Å². The van der Waals surface area contributed by atoms with Gasteiger partial charge in [0.05, 0.1) is 12.8 Å². The molecular weight excluding hydrogens is 256 g/mol. The number of carbonyl (C=O) groups is 1. The summed E-state index contributed by atoms with van der Waals surface area (Å²) in [6.45, 7) is 4.84. The Morgan fingerprint density at radius 1 is 1.40 bits per heavy atom. The van der Waals surface area contributed by atoms with E-state index in [2.05, 4.69) is 29.4 Å². The lowest BCUT2D eigenvalue weighted by molar-refractivity contribution is 0.102. The number of rotatable bonds is 5. The van der Waals surface area contributed by atoms with Crippen LogP contribution in [0.15, 0.2) is 30.5 Å². The number of H-pyrrole nitrogens is 1. The third-order valence-corrected chi connectivity index (χ3v) is 2.61. The smallest absolute Gasteiger partial charge is 0.261 e. The first-order valence-corrected chi connectivity index (χ1v) is 6.39. The van der Waals surface area contributed by atoms with Gasteiger partial charge < -0.3 is 15.8 Å². The van der Waals surface area contributed by atoms with Crippen LogP contribution in [0.3, 0.4) is 0 Å². The van der Waals surface area contributed by atoms with Crippen LogP contribution in [0.2, 0.25) is 0 Å². The number of aromatic nitrogens is 2. The normalized spacial score (nSPS) is 10.6. The molecule has 0 saturated heterocycles. The standard InChI is InChI=1S/C14H18N4O2/c1-9(2)8-20-11-5-3-10(4-6-11)17-14(19)12-7-16-18-13(12)15/h3-7,9H,8H2,1-2H3,(H,17,19)(H3,15,16,18). The molecule has 1 aromatic carbocycles. The molecule has 2 rings (SSSR count). The summed E-state index contributed by atoms with van der Waals surface area (Å²) in [6.07, 6.45) is 1.39. The number of amides is 1. The summed E-state index contributed by atoms with van der Waals surface area (Å²) in [6, 6.07) is 7.20. The second-order valence-corrected chi connectivity index (χ2v) is 4.88. The van der Waals surface area contributed by atoms with Gasteiger partial charge in [-0.25, -0.2) is 0 Å². The molecule has 1 aromatic heterocycles. The third kappa shape index (κ3) is 3.50. The molecule has 0 atom stereocenters. The summed E-state index contributed by atoms with van der Waals surface area (Å²) in [7, 11) is 0. The Morgan fingerprint density at radius 3 is 2.65 bits per heavy atom. The van der Waals surface area contributed by atoms with Gasteiger partial charge in [0.2, 0.25) is 0 Å². The van der Waals surface area contributed by atoms with Crippen LogP contribution in [-0.2, 0) is 0 Å². The van der Waals surface area contributed by atoms with Gasteiger partial charge in [-0.15, -0.1) is 0 Å². The van der Waals surface area contributed by atoms with Crippen LogP contribution in [0.1, 0.15) is 24.2 Å². The van der Waals surface area contributed by atoms with E-state index in [9.17, 15) is 4.79 Å². The molecule has 106 valence electrons. The van der Waals surface area contributed by atoms with Gasteiger partial charge in [0, 0.05) is 5.69 Å². The first-order valence-electron chi connectivity index (χ1n) is 6.39. The van der Waals surface area contributed by atoms with E-state index >= 15 is 0 Å². The van der Waals surface area contributed by atoms with Crippen molar-refractivity contribution in [1.82, 2.24) is 10.2 Å². The number of hydrogen-bond acceptors (Lipinski definition) is 4. The van der Waals surface area contributed by atoms with E-state index in [1.165, 1.54) is 6.20 Å². The number of carbonyl (C=O) groups excluding carboxylic acids is 1. The Morgan fingerprint density at radius 2 is 2.10 bits per heavy atom. The number of anilines is 2. The van der Waals surface area contributed by atoms with Gasteiger partial charge in [-0.2, -0.15) is 5.10 Å². The minimum absolute atomic E-state index is 0.249. The number of ether oxygens (including phenoxy) is 1. The molecule has 6 heteroatoms. The molecule has 0 unspecified atom stereocenters. The van der Waals surface area contributed by atoms with Gasteiger partial charge in [0.1, 0.15) is 17.1 Å². The number of hydrogen-bond donors (Lipinski definition) is 3. The average Bonchev–Trinajstić information content (AvgIpc) is 2.84. The second kappa shape index (κ2) is 6.10. The van der Waals surface area contributed by atoms with Crippen molar-refractivity contribution in [2.24, 2.45) is 5.92 Å². The molecule has 1 heterocycles. The van der Waals surface area contributed by atoms with E-state index < -0.39 is 0 Å². The molecule has 4 N–H and O–H groups in total. The molecule has 0 spiro atoms. The van der Waals surface area contributed by atoms with Gasteiger partial charge in [0.15, 0.2) is 0 Å². The zero-order chi connectivity index (χ0) is 14.5. The molecule has 0 saturated carbocycles. The highest BCUT2D eigenvalue weighted by Gasteiger charge is 2.11. The Labute approximate surface area is 117 Å². The zero-order valence-corrected chi connectivity index (χ0v) is 11.5. The van der Waals surface area contributed by atoms with Crippen molar-refractivity contribution in [2.75, 3.05) is 17.7 Å². The van der Waals surface area contributed by atoms with Crippen molar-refractivity contribution in [2.45, 2.75) is 13.8 Å². The molecule has 0 aliphatic carbocycles. The maximum Gasteiger partial charge on any atom is 0.261 e. The monoisotopic (exact) mass is 274 g/mol. The van der Waals surface area contributed by atoms with Gasteiger partial charge in [-0.3, -0.25) is 9.89 Å². The molecular formula is C14H18N4O2. The van der Waals surface area contributed by atoms with E-state index in [-0.39, 0.29) is 11.7 Å². The fraction of sp³-hybridized carbons (Fsp3) is 0.286. The van der Waals surface area contributed by atoms with Crippen molar-refractivity contribution in [3.63, 3.8) is 0 Å². The number of nitrogens with one attached hydrogen (secondary N) is 2. The third-order valence-electron chi connectivity index (χ3n) is 2.61. The predicted octanol–water partition coefficient (Wildman–Crippen LogP) is 2.28. The van der Waals surface area contributed by atoms with Gasteiger partial charge >= 0.3 is 0 Å². The van der Waals surface area contributed by atoms with E-state index in [0.717, 1.165) is 5.75 Å². The van der Waals surface area contributed by atoms with Crippen LogP contribution in [0.25, 0.3) is 0 Å². The van der Waals surface area contributed by atoms with Gasteiger partial charge in [0.25, 0.3) is 5.91 Å². The molecule has 2 aromatic rings. The van der Waals surface area contributed by atoms with Crippen molar-refractivity contribution in [3.8, 4) is 5.75 Å². The summed E-state index contributed by atoms with van der Waals surface area (Å²) < 4.78 is 5.57. The lowest BCUT2D eigenvalue weighted by atomic mass is 10.2. The largest absolute Gasteiger partial charge is 0.493 e. The molecule has 0 radical (unpaired) electrons. The number of nitrogens with zero attached hydrogens (tertiary/aromatic N) is 1. The van der Waals surface area contributed by atoms with Gasteiger partial charge in [-0.05, 0) is 30.2 Å². The number of aromatic amines is 1. The van der Waals surface area contributed by atoms with Crippen molar-refractivity contribution in [1.29, 1.82) is 0 Å².